The number of pyridine rings is 1. The number of nitrogens with zero attached hydrogens (tertiary/aromatic N) is 1. The van der Waals surface area contributed by atoms with Crippen molar-refractivity contribution in [2.24, 2.45) is 5.73 Å². The molecule has 1 aliphatic heterocycles. The minimum absolute atomic E-state index is 0.147. The van der Waals surface area contributed by atoms with Gasteiger partial charge < -0.3 is 16.2 Å². The molecule has 1 aromatic carbocycles. The van der Waals surface area contributed by atoms with E-state index in [2.05, 4.69) is 4.98 Å². The Morgan fingerprint density at radius 3 is 3.00 bits per heavy atom. The Hall–Kier alpha value is -2.14. The van der Waals surface area contributed by atoms with Crippen LogP contribution in [-0.4, -0.2) is 17.6 Å². The maximum atomic E-state index is 14.1. The van der Waals surface area contributed by atoms with Crippen LogP contribution in [0.4, 0.5) is 10.1 Å². The van der Waals surface area contributed by atoms with Gasteiger partial charge in [-0.15, -0.1) is 0 Å². The van der Waals surface area contributed by atoms with Gasteiger partial charge in [0.2, 0.25) is 0 Å². The summed E-state index contributed by atoms with van der Waals surface area (Å²) in [6, 6.07) is 5.01. The normalized spacial score (nSPS) is 17.1. The standard InChI is InChI=1S/C14H14FN3O/c15-12-5-8(11-7-18-2-1-13(11)17)3-9-4-10(6-16)19-14(9)12/h1-3,5,7,10H,4,6,16H2,(H2,17,18)/t10-/m1/s1. The first-order chi connectivity index (χ1) is 9.19. The van der Waals surface area contributed by atoms with Gasteiger partial charge >= 0.3 is 0 Å². The van der Waals surface area contributed by atoms with E-state index in [1.807, 2.05) is 6.07 Å². The number of aromatic nitrogens is 1. The molecule has 0 saturated carbocycles. The number of rotatable bonds is 2. The maximum Gasteiger partial charge on any atom is 0.165 e. The maximum absolute atomic E-state index is 14.1. The molecule has 5 heteroatoms. The summed E-state index contributed by atoms with van der Waals surface area (Å²) in [6.45, 7) is 0.373. The quantitative estimate of drug-likeness (QED) is 0.861. The molecule has 0 fully saturated rings. The summed E-state index contributed by atoms with van der Waals surface area (Å²) in [6.07, 6.45) is 3.71. The third-order valence-electron chi connectivity index (χ3n) is 3.28. The zero-order valence-electron chi connectivity index (χ0n) is 10.3. The van der Waals surface area contributed by atoms with Crippen LogP contribution in [0.2, 0.25) is 0 Å². The summed E-state index contributed by atoms with van der Waals surface area (Å²) in [5.41, 5.74) is 14.3. The third kappa shape index (κ3) is 2.02. The lowest BCUT2D eigenvalue weighted by Crippen LogP contribution is -2.24. The molecule has 0 spiro atoms. The fourth-order valence-corrected chi connectivity index (χ4v) is 2.32. The van der Waals surface area contributed by atoms with Gasteiger partial charge in [-0.2, -0.15) is 0 Å². The fraction of sp³-hybridized carbons (Fsp3) is 0.214. The molecule has 1 aromatic heterocycles. The number of nitrogen functional groups attached to an aromatic ring is 1. The van der Waals surface area contributed by atoms with E-state index < -0.39 is 0 Å². The molecule has 1 aliphatic rings. The van der Waals surface area contributed by atoms with Gasteiger partial charge in [0.1, 0.15) is 6.10 Å². The number of ether oxygens (including phenoxy) is 1. The fourth-order valence-electron chi connectivity index (χ4n) is 2.32. The molecule has 3 rings (SSSR count). The van der Waals surface area contributed by atoms with E-state index >= 15 is 0 Å². The number of halogens is 1. The summed E-state index contributed by atoms with van der Waals surface area (Å²) in [4.78, 5) is 4.02. The van der Waals surface area contributed by atoms with Gasteiger partial charge in [-0.3, -0.25) is 4.98 Å². The molecule has 2 heterocycles. The predicted octanol–water partition coefficient (Wildman–Crippen LogP) is 1.73. The van der Waals surface area contributed by atoms with Crippen LogP contribution < -0.4 is 16.2 Å². The predicted molar refractivity (Wildman–Crippen MR) is 71.2 cm³/mol. The molecule has 19 heavy (non-hydrogen) atoms. The summed E-state index contributed by atoms with van der Waals surface area (Å²) >= 11 is 0. The molecule has 0 saturated heterocycles. The average molecular weight is 259 g/mol. The second-order valence-electron chi connectivity index (χ2n) is 4.59. The number of benzene rings is 1. The van der Waals surface area contributed by atoms with E-state index in [0.717, 1.165) is 11.1 Å². The molecular formula is C14H14FN3O. The van der Waals surface area contributed by atoms with E-state index in [9.17, 15) is 4.39 Å². The SMILES string of the molecule is NC[C@H]1Cc2cc(-c3cnccc3N)cc(F)c2O1. The average Bonchev–Trinajstić information content (AvgIpc) is 2.83. The van der Waals surface area contributed by atoms with Crippen molar-refractivity contribution in [1.82, 2.24) is 4.98 Å². The monoisotopic (exact) mass is 259 g/mol. The summed E-state index contributed by atoms with van der Waals surface area (Å²) in [7, 11) is 0. The highest BCUT2D eigenvalue weighted by Gasteiger charge is 2.26. The van der Waals surface area contributed by atoms with Gasteiger partial charge in [0, 0.05) is 42.2 Å². The first-order valence-electron chi connectivity index (χ1n) is 6.08. The van der Waals surface area contributed by atoms with E-state index in [0.29, 0.717) is 30.0 Å². The van der Waals surface area contributed by atoms with Crippen LogP contribution in [0.1, 0.15) is 5.56 Å². The highest BCUT2D eigenvalue weighted by Crippen LogP contribution is 2.36. The topological polar surface area (TPSA) is 74.2 Å². The van der Waals surface area contributed by atoms with Crippen molar-refractivity contribution in [2.75, 3.05) is 12.3 Å². The Morgan fingerprint density at radius 2 is 2.26 bits per heavy atom. The highest BCUT2D eigenvalue weighted by atomic mass is 19.1. The number of nitrogens with two attached hydrogens (primary N) is 2. The second kappa shape index (κ2) is 4.51. The molecule has 0 aliphatic carbocycles. The number of anilines is 1. The van der Waals surface area contributed by atoms with Crippen LogP contribution >= 0.6 is 0 Å². The van der Waals surface area contributed by atoms with E-state index in [1.54, 1.807) is 18.5 Å². The van der Waals surface area contributed by atoms with Crippen molar-refractivity contribution < 1.29 is 9.13 Å². The van der Waals surface area contributed by atoms with Crippen molar-refractivity contribution in [2.45, 2.75) is 12.5 Å². The van der Waals surface area contributed by atoms with E-state index in [4.69, 9.17) is 16.2 Å². The smallest absolute Gasteiger partial charge is 0.165 e. The Balaban J connectivity index is 2.07. The van der Waals surface area contributed by atoms with Crippen molar-refractivity contribution in [3.8, 4) is 16.9 Å². The first-order valence-corrected chi connectivity index (χ1v) is 6.08. The van der Waals surface area contributed by atoms with Crippen LogP contribution in [0.15, 0.2) is 30.6 Å². The lowest BCUT2D eigenvalue weighted by Gasteiger charge is -2.08. The van der Waals surface area contributed by atoms with Gasteiger partial charge in [-0.1, -0.05) is 0 Å². The number of fused-ring (bicyclic) bond motifs is 1. The van der Waals surface area contributed by atoms with Crippen molar-refractivity contribution in [3.63, 3.8) is 0 Å². The van der Waals surface area contributed by atoms with Crippen LogP contribution in [0.5, 0.6) is 5.75 Å². The lowest BCUT2D eigenvalue weighted by molar-refractivity contribution is 0.232. The minimum atomic E-state index is -0.383. The molecule has 0 amide bonds. The Bertz CT molecular complexity index is 630. The van der Waals surface area contributed by atoms with E-state index in [1.165, 1.54) is 6.07 Å². The summed E-state index contributed by atoms with van der Waals surface area (Å²) in [5, 5.41) is 0. The molecule has 4 nitrogen and oxygen atoms in total. The lowest BCUT2D eigenvalue weighted by atomic mass is 10.0. The molecular weight excluding hydrogens is 245 g/mol. The molecule has 0 bridgehead atoms. The zero-order valence-corrected chi connectivity index (χ0v) is 10.3. The van der Waals surface area contributed by atoms with Crippen molar-refractivity contribution >= 4 is 5.69 Å². The first kappa shape index (κ1) is 11.9. The third-order valence-corrected chi connectivity index (χ3v) is 3.28. The van der Waals surface area contributed by atoms with Crippen LogP contribution in [0.25, 0.3) is 11.1 Å². The molecule has 2 aromatic rings. The van der Waals surface area contributed by atoms with Crippen LogP contribution in [-0.2, 0) is 6.42 Å². The van der Waals surface area contributed by atoms with Gasteiger partial charge in [0.05, 0.1) is 0 Å². The van der Waals surface area contributed by atoms with Gasteiger partial charge in [0.25, 0.3) is 0 Å². The molecule has 1 atom stereocenters. The largest absolute Gasteiger partial charge is 0.485 e. The second-order valence-corrected chi connectivity index (χ2v) is 4.59. The minimum Gasteiger partial charge on any atom is -0.485 e. The van der Waals surface area contributed by atoms with Crippen molar-refractivity contribution in [1.29, 1.82) is 0 Å². The van der Waals surface area contributed by atoms with Gasteiger partial charge in [-0.25, -0.2) is 4.39 Å². The zero-order chi connectivity index (χ0) is 13.4. The number of hydrogen-bond donors (Lipinski definition) is 2. The van der Waals surface area contributed by atoms with Crippen molar-refractivity contribution in [3.05, 3.63) is 42.0 Å². The van der Waals surface area contributed by atoms with Gasteiger partial charge in [-0.05, 0) is 23.8 Å². The Labute approximate surface area is 110 Å². The summed E-state index contributed by atoms with van der Waals surface area (Å²) < 4.78 is 19.5. The molecule has 4 N–H and O–H groups in total. The Morgan fingerprint density at radius 1 is 1.42 bits per heavy atom. The molecule has 0 radical (unpaired) electrons. The van der Waals surface area contributed by atoms with Crippen LogP contribution in [0, 0.1) is 5.82 Å². The molecule has 98 valence electrons. The van der Waals surface area contributed by atoms with Gasteiger partial charge in [0.15, 0.2) is 11.6 Å². The summed E-state index contributed by atoms with van der Waals surface area (Å²) in [5.74, 6) is -0.0756. The van der Waals surface area contributed by atoms with Crippen LogP contribution in [0.3, 0.4) is 0 Å². The highest BCUT2D eigenvalue weighted by molar-refractivity contribution is 5.76. The molecule has 0 unspecified atom stereocenters. The number of hydrogen-bond acceptors (Lipinski definition) is 4. The Kier molecular flexibility index (Phi) is 2.83. The van der Waals surface area contributed by atoms with E-state index in [-0.39, 0.29) is 11.9 Å².